The van der Waals surface area contributed by atoms with Crippen molar-refractivity contribution in [3.8, 4) is 5.75 Å². The number of ether oxygens (including phenoxy) is 2. The molecule has 0 radical (unpaired) electrons. The van der Waals surface area contributed by atoms with Crippen LogP contribution in [0.25, 0.3) is 12.2 Å². The summed E-state index contributed by atoms with van der Waals surface area (Å²) in [5, 5.41) is 0. The summed E-state index contributed by atoms with van der Waals surface area (Å²) in [6, 6.07) is 26.7. The van der Waals surface area contributed by atoms with Gasteiger partial charge in [-0.2, -0.15) is 0 Å². The Morgan fingerprint density at radius 1 is 0.789 bits per heavy atom. The van der Waals surface area contributed by atoms with Crippen molar-refractivity contribution < 1.29 is 19.1 Å². The minimum Gasteiger partial charge on any atom is -0.492 e. The molecule has 5 rings (SSSR count). The van der Waals surface area contributed by atoms with Crippen LogP contribution in [0.5, 0.6) is 5.75 Å². The normalized spacial score (nSPS) is 18.6. The van der Waals surface area contributed by atoms with Gasteiger partial charge in [0.1, 0.15) is 12.4 Å². The first-order chi connectivity index (χ1) is 18.7. The zero-order chi connectivity index (χ0) is 26.2. The Balaban J connectivity index is 1.31. The van der Waals surface area contributed by atoms with Crippen LogP contribution in [0.2, 0.25) is 0 Å². The fraction of sp³-hybridized carbons (Fsp3) is 0.250. The lowest BCUT2D eigenvalue weighted by Gasteiger charge is -2.30. The summed E-state index contributed by atoms with van der Waals surface area (Å²) in [5.74, 6) is 0.596. The Kier molecular flexibility index (Phi) is 8.43. The smallest absolute Gasteiger partial charge is 0.254 e. The standard InChI is InChI=1S/C32H32N2O4/c35-31-28(21-25-7-3-1-4-8-25)23-34(24-29(31)22-26-9-5-2-6-10-26)32(36)27-11-13-30(14-12-27)38-20-17-33-15-18-37-19-16-33/h1-14,21-22H,15-20,23-24H2/b28-21-,29-22+. The molecule has 2 aliphatic heterocycles. The number of ketones is 1. The van der Waals surface area contributed by atoms with Crippen LogP contribution in [0.3, 0.4) is 0 Å². The van der Waals surface area contributed by atoms with E-state index in [1.807, 2.05) is 84.9 Å². The van der Waals surface area contributed by atoms with Crippen LogP contribution in [0.4, 0.5) is 0 Å². The van der Waals surface area contributed by atoms with E-state index < -0.39 is 0 Å². The van der Waals surface area contributed by atoms with E-state index in [2.05, 4.69) is 4.90 Å². The summed E-state index contributed by atoms with van der Waals surface area (Å²) >= 11 is 0. The predicted octanol–water partition coefficient (Wildman–Crippen LogP) is 4.59. The quantitative estimate of drug-likeness (QED) is 0.437. The third kappa shape index (κ3) is 6.65. The molecule has 6 nitrogen and oxygen atoms in total. The zero-order valence-electron chi connectivity index (χ0n) is 21.4. The van der Waals surface area contributed by atoms with Gasteiger partial charge in [0.05, 0.1) is 26.3 Å². The number of morpholine rings is 1. The summed E-state index contributed by atoms with van der Waals surface area (Å²) in [5.41, 5.74) is 3.63. The number of nitrogens with zero attached hydrogens (tertiary/aromatic N) is 2. The van der Waals surface area contributed by atoms with Gasteiger partial charge in [-0.15, -0.1) is 0 Å². The van der Waals surface area contributed by atoms with Crippen molar-refractivity contribution in [1.29, 1.82) is 0 Å². The van der Waals surface area contributed by atoms with Crippen LogP contribution in [-0.2, 0) is 9.53 Å². The lowest BCUT2D eigenvalue weighted by molar-refractivity contribution is -0.113. The second kappa shape index (κ2) is 12.5. The molecule has 2 aliphatic rings. The molecule has 0 aromatic heterocycles. The van der Waals surface area contributed by atoms with E-state index in [-0.39, 0.29) is 24.8 Å². The molecule has 6 heteroatoms. The maximum atomic E-state index is 13.5. The Hall–Kier alpha value is -4.00. The molecule has 0 spiro atoms. The molecule has 0 N–H and O–H groups in total. The molecule has 3 aromatic rings. The number of likely N-dealkylation sites (tertiary alicyclic amines) is 1. The fourth-order valence-corrected chi connectivity index (χ4v) is 4.68. The highest BCUT2D eigenvalue weighted by molar-refractivity contribution is 6.15. The van der Waals surface area contributed by atoms with Gasteiger partial charge >= 0.3 is 0 Å². The summed E-state index contributed by atoms with van der Waals surface area (Å²) < 4.78 is 11.3. The van der Waals surface area contributed by atoms with Crippen LogP contribution in [-0.4, -0.2) is 74.0 Å². The number of carbonyl (C=O) groups excluding carboxylic acids is 2. The Morgan fingerprint density at radius 2 is 1.34 bits per heavy atom. The van der Waals surface area contributed by atoms with Crippen molar-refractivity contribution in [2.75, 3.05) is 52.5 Å². The molecule has 2 fully saturated rings. The Labute approximate surface area is 223 Å². The molecular weight excluding hydrogens is 476 g/mol. The second-order valence-electron chi connectivity index (χ2n) is 9.48. The lowest BCUT2D eigenvalue weighted by atomic mass is 9.93. The summed E-state index contributed by atoms with van der Waals surface area (Å²) in [7, 11) is 0. The lowest BCUT2D eigenvalue weighted by Crippen LogP contribution is -2.41. The van der Waals surface area contributed by atoms with Gasteiger partial charge in [0.2, 0.25) is 0 Å². The van der Waals surface area contributed by atoms with Gasteiger partial charge in [-0.3, -0.25) is 14.5 Å². The third-order valence-corrected chi connectivity index (χ3v) is 6.76. The third-order valence-electron chi connectivity index (χ3n) is 6.76. The molecule has 2 saturated heterocycles. The van der Waals surface area contributed by atoms with Crippen LogP contribution < -0.4 is 4.74 Å². The Morgan fingerprint density at radius 3 is 1.89 bits per heavy atom. The van der Waals surface area contributed by atoms with Crippen molar-refractivity contribution in [3.63, 3.8) is 0 Å². The largest absolute Gasteiger partial charge is 0.492 e. The molecule has 0 bridgehead atoms. The predicted molar refractivity (Wildman–Crippen MR) is 149 cm³/mol. The van der Waals surface area contributed by atoms with E-state index in [0.29, 0.717) is 23.3 Å². The maximum Gasteiger partial charge on any atom is 0.254 e. The molecular formula is C32H32N2O4. The first kappa shape index (κ1) is 25.6. The van der Waals surface area contributed by atoms with Crippen LogP contribution >= 0.6 is 0 Å². The first-order valence-corrected chi connectivity index (χ1v) is 13.0. The van der Waals surface area contributed by atoms with Gasteiger partial charge in [-0.1, -0.05) is 60.7 Å². The number of benzene rings is 3. The minimum atomic E-state index is -0.115. The highest BCUT2D eigenvalue weighted by atomic mass is 16.5. The number of piperidine rings is 1. The molecule has 2 heterocycles. The monoisotopic (exact) mass is 508 g/mol. The SMILES string of the molecule is O=C1/C(=C\c2ccccc2)CN(C(=O)c2ccc(OCCN3CCOCC3)cc2)C/C1=C\c1ccccc1. The van der Waals surface area contributed by atoms with Crippen molar-refractivity contribution in [2.24, 2.45) is 0 Å². The molecule has 194 valence electrons. The van der Waals surface area contributed by atoms with Gasteiger partial charge in [0.15, 0.2) is 5.78 Å². The van der Waals surface area contributed by atoms with E-state index in [0.717, 1.165) is 49.7 Å². The number of hydrogen-bond acceptors (Lipinski definition) is 5. The number of Topliss-reactive ketones (excluding diaryl/α,β-unsaturated/α-hetero) is 1. The fourth-order valence-electron chi connectivity index (χ4n) is 4.68. The van der Waals surface area contributed by atoms with Gasteiger partial charge in [-0.05, 0) is 47.5 Å². The highest BCUT2D eigenvalue weighted by Gasteiger charge is 2.29. The van der Waals surface area contributed by atoms with E-state index in [1.54, 1.807) is 17.0 Å². The van der Waals surface area contributed by atoms with Crippen molar-refractivity contribution in [2.45, 2.75) is 0 Å². The second-order valence-corrected chi connectivity index (χ2v) is 9.48. The van der Waals surface area contributed by atoms with Gasteiger partial charge in [0.25, 0.3) is 5.91 Å². The van der Waals surface area contributed by atoms with Gasteiger partial charge < -0.3 is 14.4 Å². The van der Waals surface area contributed by atoms with Crippen LogP contribution in [0, 0.1) is 0 Å². The first-order valence-electron chi connectivity index (χ1n) is 13.0. The molecule has 3 aromatic carbocycles. The summed E-state index contributed by atoms with van der Waals surface area (Å²) in [4.78, 5) is 31.0. The van der Waals surface area contributed by atoms with E-state index in [4.69, 9.17) is 9.47 Å². The van der Waals surface area contributed by atoms with Crippen LogP contribution in [0.15, 0.2) is 96.1 Å². The number of rotatable bonds is 7. The van der Waals surface area contributed by atoms with E-state index in [1.165, 1.54) is 0 Å². The summed E-state index contributed by atoms with van der Waals surface area (Å²) in [6.07, 6.45) is 3.76. The highest BCUT2D eigenvalue weighted by Crippen LogP contribution is 2.24. The van der Waals surface area contributed by atoms with E-state index >= 15 is 0 Å². The maximum absolute atomic E-state index is 13.5. The average Bonchev–Trinajstić information content (AvgIpc) is 2.97. The Bertz CT molecular complexity index is 1230. The van der Waals surface area contributed by atoms with Gasteiger partial charge in [0, 0.05) is 36.3 Å². The topological polar surface area (TPSA) is 59.1 Å². The minimum absolute atomic E-state index is 0.0224. The van der Waals surface area contributed by atoms with Crippen LogP contribution in [0.1, 0.15) is 21.5 Å². The van der Waals surface area contributed by atoms with Crippen molar-refractivity contribution in [3.05, 3.63) is 113 Å². The van der Waals surface area contributed by atoms with E-state index in [9.17, 15) is 9.59 Å². The van der Waals surface area contributed by atoms with Crippen molar-refractivity contribution in [1.82, 2.24) is 9.80 Å². The molecule has 38 heavy (non-hydrogen) atoms. The molecule has 0 atom stereocenters. The van der Waals surface area contributed by atoms with Crippen molar-refractivity contribution >= 4 is 23.8 Å². The molecule has 0 saturated carbocycles. The number of carbonyl (C=O) groups is 2. The summed E-state index contributed by atoms with van der Waals surface area (Å²) in [6.45, 7) is 5.34. The molecule has 1 amide bonds. The number of hydrogen-bond donors (Lipinski definition) is 0. The zero-order valence-corrected chi connectivity index (χ0v) is 21.4. The van der Waals surface area contributed by atoms with Gasteiger partial charge in [-0.25, -0.2) is 0 Å². The molecule has 0 unspecified atom stereocenters. The molecule has 0 aliphatic carbocycles. The number of amides is 1. The average molecular weight is 509 g/mol.